The van der Waals surface area contributed by atoms with Crippen LogP contribution in [0.3, 0.4) is 0 Å². The summed E-state index contributed by atoms with van der Waals surface area (Å²) in [4.78, 5) is 28.5. The third kappa shape index (κ3) is 7.48. The Bertz CT molecular complexity index is 704. The minimum absolute atomic E-state index is 0.0750. The molecule has 172 valence electrons. The molecule has 2 N–H and O–H groups in total. The number of ether oxygens (including phenoxy) is 2. The van der Waals surface area contributed by atoms with Gasteiger partial charge < -0.3 is 24.8 Å². The summed E-state index contributed by atoms with van der Waals surface area (Å²) in [6.45, 7) is 4.81. The number of benzene rings is 1. The second-order valence-electron chi connectivity index (χ2n) is 8.32. The first-order chi connectivity index (χ1) is 15.0. The van der Waals surface area contributed by atoms with E-state index in [1.807, 2.05) is 17.0 Å². The fourth-order valence-electron chi connectivity index (χ4n) is 4.11. The molecule has 0 spiro atoms. The number of aliphatic hydroxyl groups is 1. The molecule has 3 rings (SSSR count). The Morgan fingerprint density at radius 1 is 1.13 bits per heavy atom. The average molecular weight is 434 g/mol. The summed E-state index contributed by atoms with van der Waals surface area (Å²) >= 11 is 0. The van der Waals surface area contributed by atoms with Crippen molar-refractivity contribution in [1.29, 1.82) is 0 Å². The molecule has 0 bridgehead atoms. The summed E-state index contributed by atoms with van der Waals surface area (Å²) in [7, 11) is 1.60. The van der Waals surface area contributed by atoms with Crippen LogP contribution >= 0.6 is 0 Å². The summed E-state index contributed by atoms with van der Waals surface area (Å²) in [5.74, 6) is 0.766. The maximum Gasteiger partial charge on any atom is 0.251 e. The number of aliphatic hydroxyl groups excluding tert-OH is 1. The molecule has 8 heteroatoms. The molecule has 1 aromatic rings. The molecule has 0 unspecified atom stereocenters. The van der Waals surface area contributed by atoms with E-state index in [4.69, 9.17) is 9.47 Å². The van der Waals surface area contributed by atoms with Crippen molar-refractivity contribution in [1.82, 2.24) is 15.1 Å². The maximum absolute atomic E-state index is 12.4. The molecule has 8 nitrogen and oxygen atoms in total. The van der Waals surface area contributed by atoms with E-state index < -0.39 is 0 Å². The molecule has 2 aliphatic heterocycles. The number of likely N-dealkylation sites (tertiary alicyclic amines) is 2. The number of β-amino-alcohol motifs (C(OH)–C–C–N with tert-alkyl or cyclic N) is 1. The third-order valence-electron chi connectivity index (χ3n) is 5.93. The molecule has 0 radical (unpaired) electrons. The number of hydrogen-bond donors (Lipinski definition) is 2. The van der Waals surface area contributed by atoms with Crippen LogP contribution in [0.15, 0.2) is 24.3 Å². The van der Waals surface area contributed by atoms with E-state index in [-0.39, 0.29) is 24.0 Å². The largest absolute Gasteiger partial charge is 0.490 e. The number of rotatable bonds is 9. The van der Waals surface area contributed by atoms with Crippen molar-refractivity contribution in [2.24, 2.45) is 0 Å². The van der Waals surface area contributed by atoms with Gasteiger partial charge in [0.1, 0.15) is 11.9 Å². The fraction of sp³-hybridized carbons (Fsp3) is 0.652. The van der Waals surface area contributed by atoms with Crippen LogP contribution in [-0.4, -0.2) is 91.9 Å². The number of hydrogen-bond acceptors (Lipinski definition) is 6. The topological polar surface area (TPSA) is 91.3 Å². The molecule has 1 aromatic carbocycles. The molecule has 2 heterocycles. The highest BCUT2D eigenvalue weighted by Crippen LogP contribution is 2.20. The highest BCUT2D eigenvalue weighted by atomic mass is 16.5. The molecule has 1 atom stereocenters. The lowest BCUT2D eigenvalue weighted by atomic mass is 10.1. The number of carbonyl (C=O) groups is 2. The molecular formula is C23H35N3O5. The molecule has 0 aromatic heterocycles. The van der Waals surface area contributed by atoms with Crippen molar-refractivity contribution in [2.75, 3.05) is 53.0 Å². The van der Waals surface area contributed by atoms with E-state index in [1.165, 1.54) is 0 Å². The summed E-state index contributed by atoms with van der Waals surface area (Å²) < 4.78 is 11.0. The lowest BCUT2D eigenvalue weighted by molar-refractivity contribution is -0.133. The van der Waals surface area contributed by atoms with Gasteiger partial charge in [0.15, 0.2) is 0 Å². The van der Waals surface area contributed by atoms with Crippen molar-refractivity contribution in [3.63, 3.8) is 0 Å². The zero-order valence-electron chi connectivity index (χ0n) is 18.4. The third-order valence-corrected chi connectivity index (χ3v) is 5.93. The molecule has 2 saturated heterocycles. The van der Waals surface area contributed by atoms with Crippen LogP contribution in [0.25, 0.3) is 0 Å². The van der Waals surface area contributed by atoms with Crippen LogP contribution in [0, 0.1) is 0 Å². The van der Waals surface area contributed by atoms with Gasteiger partial charge in [-0.15, -0.1) is 0 Å². The zero-order valence-corrected chi connectivity index (χ0v) is 18.4. The number of amides is 2. The predicted octanol–water partition coefficient (Wildman–Crippen LogP) is 1.28. The van der Waals surface area contributed by atoms with Gasteiger partial charge in [-0.05, 0) is 43.7 Å². The van der Waals surface area contributed by atoms with Crippen molar-refractivity contribution in [3.05, 3.63) is 29.8 Å². The van der Waals surface area contributed by atoms with E-state index in [0.29, 0.717) is 44.8 Å². The summed E-state index contributed by atoms with van der Waals surface area (Å²) in [6, 6.07) is 7.20. The highest BCUT2D eigenvalue weighted by Gasteiger charge is 2.23. The van der Waals surface area contributed by atoms with E-state index in [1.54, 1.807) is 19.2 Å². The number of carbonyl (C=O) groups excluding carboxylic acids is 2. The number of methoxy groups -OCH3 is 1. The van der Waals surface area contributed by atoms with Gasteiger partial charge in [0.2, 0.25) is 5.91 Å². The zero-order chi connectivity index (χ0) is 22.1. The average Bonchev–Trinajstić information content (AvgIpc) is 2.78. The predicted molar refractivity (Wildman–Crippen MR) is 117 cm³/mol. The smallest absolute Gasteiger partial charge is 0.251 e. The number of nitrogens with one attached hydrogen (secondary N) is 1. The first-order valence-corrected chi connectivity index (χ1v) is 11.3. The van der Waals surface area contributed by atoms with E-state index >= 15 is 0 Å². The molecule has 2 amide bonds. The van der Waals surface area contributed by atoms with Gasteiger partial charge in [0.05, 0.1) is 19.1 Å². The van der Waals surface area contributed by atoms with Crippen LogP contribution in [0.4, 0.5) is 0 Å². The number of nitrogens with zero attached hydrogens (tertiary/aromatic N) is 2. The second kappa shape index (κ2) is 12.0. The van der Waals surface area contributed by atoms with Crippen LogP contribution < -0.4 is 10.1 Å². The summed E-state index contributed by atoms with van der Waals surface area (Å²) in [6.07, 6.45) is 3.71. The minimum Gasteiger partial charge on any atom is -0.490 e. The Balaban J connectivity index is 1.37. The number of piperidine rings is 2. The quantitative estimate of drug-likeness (QED) is 0.610. The van der Waals surface area contributed by atoms with Gasteiger partial charge in [0, 0.05) is 58.2 Å². The molecular weight excluding hydrogens is 398 g/mol. The van der Waals surface area contributed by atoms with Gasteiger partial charge in [-0.2, -0.15) is 0 Å². The van der Waals surface area contributed by atoms with Crippen molar-refractivity contribution >= 4 is 11.8 Å². The molecule has 31 heavy (non-hydrogen) atoms. The normalized spacial score (nSPS) is 20.5. The summed E-state index contributed by atoms with van der Waals surface area (Å²) in [5.41, 5.74) is 0.601. The van der Waals surface area contributed by atoms with Gasteiger partial charge in [-0.25, -0.2) is 0 Å². The van der Waals surface area contributed by atoms with Crippen molar-refractivity contribution in [3.8, 4) is 5.75 Å². The van der Waals surface area contributed by atoms with Crippen LogP contribution in [0.5, 0.6) is 5.75 Å². The van der Waals surface area contributed by atoms with Crippen LogP contribution in [0.1, 0.15) is 42.5 Å². The van der Waals surface area contributed by atoms with Crippen LogP contribution in [-0.2, 0) is 9.53 Å². The lowest BCUT2D eigenvalue weighted by Gasteiger charge is -2.32. The Kier molecular flexibility index (Phi) is 9.12. The monoisotopic (exact) mass is 433 g/mol. The summed E-state index contributed by atoms with van der Waals surface area (Å²) in [5, 5.41) is 12.7. The highest BCUT2D eigenvalue weighted by molar-refractivity contribution is 5.94. The Hall–Kier alpha value is -2.16. The van der Waals surface area contributed by atoms with Gasteiger partial charge >= 0.3 is 0 Å². The Labute approximate surface area is 184 Å². The van der Waals surface area contributed by atoms with Crippen LogP contribution in [0.2, 0.25) is 0 Å². The Morgan fingerprint density at radius 3 is 2.55 bits per heavy atom. The second-order valence-corrected chi connectivity index (χ2v) is 8.32. The minimum atomic E-state index is -0.250. The Morgan fingerprint density at radius 2 is 1.87 bits per heavy atom. The first-order valence-electron chi connectivity index (χ1n) is 11.3. The van der Waals surface area contributed by atoms with E-state index in [0.717, 1.165) is 44.5 Å². The molecule has 0 saturated carbocycles. The lowest BCUT2D eigenvalue weighted by Crippen LogP contribution is -2.42. The molecule has 2 fully saturated rings. The maximum atomic E-state index is 12.4. The van der Waals surface area contributed by atoms with Gasteiger partial charge in [-0.1, -0.05) is 0 Å². The van der Waals surface area contributed by atoms with Crippen molar-refractivity contribution in [2.45, 2.75) is 44.3 Å². The van der Waals surface area contributed by atoms with E-state index in [9.17, 15) is 14.7 Å². The standard InChI is InChI=1S/C23H35N3O5/c1-30-16-10-22(28)26-13-8-21(9-14-26)31-20-6-4-18(5-7-20)23(29)24-11-15-25-12-2-3-19(27)17-25/h4-7,19,21,27H,2-3,8-17H2,1H3,(H,24,29)/t19-/m0/s1. The van der Waals surface area contributed by atoms with Crippen molar-refractivity contribution < 1.29 is 24.2 Å². The van der Waals surface area contributed by atoms with Gasteiger partial charge in [0.25, 0.3) is 5.91 Å². The first kappa shape index (κ1) is 23.5. The molecule has 2 aliphatic rings. The molecule has 0 aliphatic carbocycles. The van der Waals surface area contributed by atoms with Gasteiger partial charge in [-0.3, -0.25) is 14.5 Å². The SMILES string of the molecule is COCCC(=O)N1CCC(Oc2ccc(C(=O)NCCN3CCC[C@H](O)C3)cc2)CC1. The fourth-order valence-corrected chi connectivity index (χ4v) is 4.11. The van der Waals surface area contributed by atoms with E-state index in [2.05, 4.69) is 10.2 Å².